The quantitative estimate of drug-likeness (QED) is 0.142. The monoisotopic (exact) mass is 1080 g/mol. The predicted octanol–water partition coefficient (Wildman–Crippen LogP) is 16.9. The third-order valence-electron chi connectivity index (χ3n) is 12.4. The number of hydrogen-bond donors (Lipinski definition) is 0. The van der Waals surface area contributed by atoms with Gasteiger partial charge in [0.1, 0.15) is 16.7 Å². The van der Waals surface area contributed by atoms with Crippen LogP contribution >= 0.6 is 0 Å². The van der Waals surface area contributed by atoms with Crippen molar-refractivity contribution in [1.82, 2.24) is 14.5 Å². The van der Waals surface area contributed by atoms with Gasteiger partial charge in [-0.25, -0.2) is 0 Å². The molecule has 0 aliphatic carbocycles. The topological polar surface area (TPSA) is 57.0 Å². The summed E-state index contributed by atoms with van der Waals surface area (Å²) in [5.74, 6) is 1.21. The maximum Gasteiger partial charge on any atom is 0.393 e. The molecule has 0 spiro atoms. The summed E-state index contributed by atoms with van der Waals surface area (Å²) < 4.78 is 70.9. The molecule has 0 aliphatic heterocycles. The molecule has 0 atom stereocenters. The van der Waals surface area contributed by atoms with E-state index in [1.165, 1.54) is 34.9 Å². The zero-order valence-electron chi connectivity index (χ0n) is 40.3. The molecule has 0 aliphatic rings. The number of imidazole rings is 1. The van der Waals surface area contributed by atoms with Gasteiger partial charge in [0.25, 0.3) is 0 Å². The summed E-state index contributed by atoms with van der Waals surface area (Å²) in [5.41, 5.74) is 10.8. The van der Waals surface area contributed by atoms with E-state index in [9.17, 15) is 13.2 Å². The minimum atomic E-state index is -4.66. The average molecular weight is 1080 g/mol. The normalized spacial score (nSPS) is 12.8. The number of hydrogen-bond acceptors (Lipinski definition) is 4. The minimum absolute atomic E-state index is 0. The molecule has 4 aromatic heterocycles. The Morgan fingerprint density at radius 3 is 2.12 bits per heavy atom. The van der Waals surface area contributed by atoms with Crippen molar-refractivity contribution < 1.29 is 44.9 Å². The zero-order valence-corrected chi connectivity index (χ0v) is 40.7. The van der Waals surface area contributed by atoms with Crippen LogP contribution in [-0.2, 0) is 26.5 Å². The summed E-state index contributed by atoms with van der Waals surface area (Å²) in [6, 6.07) is 55.9. The Balaban J connectivity index is 0.000000224. The zero-order chi connectivity index (χ0) is 48.4. The van der Waals surface area contributed by atoms with Crippen molar-refractivity contribution in [3.63, 3.8) is 0 Å². The van der Waals surface area contributed by atoms with Crippen LogP contribution in [0.2, 0.25) is 0 Å². The molecular weight excluding hydrogens is 1030 g/mol. The molecular formula is C59H48F3IrN3O2-2. The van der Waals surface area contributed by atoms with Gasteiger partial charge in [-0.3, -0.25) is 4.98 Å². The van der Waals surface area contributed by atoms with Crippen LogP contribution in [0, 0.1) is 17.5 Å². The molecule has 4 heterocycles. The summed E-state index contributed by atoms with van der Waals surface area (Å²) in [6.45, 7) is 10.8. The molecule has 0 fully saturated rings. The van der Waals surface area contributed by atoms with Gasteiger partial charge in [-0.15, -0.1) is 53.6 Å². The Bertz CT molecular complexity index is 3670. The molecule has 11 rings (SSSR count). The maximum atomic E-state index is 13.1. The molecule has 0 unspecified atom stereocenters. The van der Waals surface area contributed by atoms with Crippen LogP contribution in [0.1, 0.15) is 72.8 Å². The largest absolute Gasteiger partial charge is 0.501 e. The molecule has 0 saturated carbocycles. The van der Waals surface area contributed by atoms with Crippen LogP contribution in [-0.4, -0.2) is 20.7 Å². The van der Waals surface area contributed by atoms with E-state index in [1.54, 1.807) is 24.4 Å². The van der Waals surface area contributed by atoms with Crippen molar-refractivity contribution in [2.24, 2.45) is 5.41 Å². The van der Waals surface area contributed by atoms with Gasteiger partial charge in [-0.1, -0.05) is 131 Å². The predicted molar refractivity (Wildman–Crippen MR) is 266 cm³/mol. The fourth-order valence-corrected chi connectivity index (χ4v) is 8.87. The Hall–Kier alpha value is -6.80. The van der Waals surface area contributed by atoms with Crippen LogP contribution in [0.15, 0.2) is 167 Å². The van der Waals surface area contributed by atoms with Gasteiger partial charge in [-0.2, -0.15) is 13.2 Å². The Morgan fingerprint density at radius 1 is 0.676 bits per heavy atom. The Labute approximate surface area is 409 Å². The first-order chi connectivity index (χ1) is 33.0. The summed E-state index contributed by atoms with van der Waals surface area (Å²) in [4.78, 5) is 9.41. The number of nitrogens with zero attached hydrogens (tertiary/aromatic N) is 3. The van der Waals surface area contributed by atoms with E-state index in [4.69, 9.17) is 16.6 Å². The van der Waals surface area contributed by atoms with Crippen LogP contribution < -0.4 is 0 Å². The van der Waals surface area contributed by atoms with E-state index >= 15 is 0 Å². The summed E-state index contributed by atoms with van der Waals surface area (Å²) in [5, 5.41) is 4.42. The van der Waals surface area contributed by atoms with E-state index in [0.717, 1.165) is 91.4 Å². The van der Waals surface area contributed by atoms with Gasteiger partial charge in [0.05, 0.1) is 27.9 Å². The molecule has 0 saturated heterocycles. The summed E-state index contributed by atoms with van der Waals surface area (Å²) >= 11 is 0. The number of halogens is 3. The second kappa shape index (κ2) is 18.4. The number of aromatic nitrogens is 3. The van der Waals surface area contributed by atoms with Crippen molar-refractivity contribution in [1.29, 1.82) is 0 Å². The fourth-order valence-electron chi connectivity index (χ4n) is 8.87. The second-order valence-corrected chi connectivity index (χ2v) is 18.0. The summed E-state index contributed by atoms with van der Waals surface area (Å²) in [6.07, 6.45) is -5.62. The number of alkyl halides is 3. The molecule has 7 aromatic carbocycles. The molecule has 343 valence electrons. The van der Waals surface area contributed by atoms with E-state index in [0.29, 0.717) is 11.3 Å². The smallest absolute Gasteiger partial charge is 0.393 e. The van der Waals surface area contributed by atoms with E-state index in [1.807, 2.05) is 24.3 Å². The molecule has 5 nitrogen and oxygen atoms in total. The van der Waals surface area contributed by atoms with Crippen molar-refractivity contribution in [2.45, 2.75) is 65.9 Å². The number of furan rings is 2. The third-order valence-corrected chi connectivity index (χ3v) is 12.4. The molecule has 11 aromatic rings. The average Bonchev–Trinajstić information content (AvgIpc) is 4.05. The van der Waals surface area contributed by atoms with Gasteiger partial charge in [0, 0.05) is 56.5 Å². The van der Waals surface area contributed by atoms with E-state index in [2.05, 4.69) is 140 Å². The van der Waals surface area contributed by atoms with Crippen molar-refractivity contribution in [2.75, 3.05) is 0 Å². The van der Waals surface area contributed by atoms with Crippen LogP contribution in [0.5, 0.6) is 0 Å². The first-order valence-corrected chi connectivity index (χ1v) is 22.4. The molecule has 0 bridgehead atoms. The Morgan fingerprint density at radius 2 is 1.40 bits per heavy atom. The number of pyridine rings is 1. The first-order valence-electron chi connectivity index (χ1n) is 23.4. The van der Waals surface area contributed by atoms with Crippen molar-refractivity contribution >= 4 is 54.9 Å². The number of para-hydroxylation sites is 3. The van der Waals surface area contributed by atoms with Crippen LogP contribution in [0.4, 0.5) is 13.2 Å². The molecule has 0 N–H and O–H groups in total. The Kier molecular flexibility index (Phi) is 11.8. The second-order valence-electron chi connectivity index (χ2n) is 18.0. The van der Waals surface area contributed by atoms with Crippen molar-refractivity contribution in [3.05, 3.63) is 187 Å². The van der Waals surface area contributed by atoms with Gasteiger partial charge in [0.15, 0.2) is 0 Å². The van der Waals surface area contributed by atoms with Crippen molar-refractivity contribution in [3.8, 4) is 39.5 Å². The SMILES string of the molecule is CC(C)c1cc2c(oc3cc(-c4ccccc4)ccc32)c(C(C)C)c1-n1c(-c2[c-]ccc3c2oc2ccccc23)nc2ccccc21.[2H]C([2H])(c1c[c-]c(-c2ccccn2)cc1)C(C)(C)C(F)(F)F.[Ir]. The first kappa shape index (κ1) is 43.8. The van der Waals surface area contributed by atoms with Gasteiger partial charge >= 0.3 is 6.18 Å². The van der Waals surface area contributed by atoms with Crippen LogP contribution in [0.3, 0.4) is 0 Å². The molecule has 0 amide bonds. The van der Waals surface area contributed by atoms with E-state index < -0.39 is 18.0 Å². The van der Waals surface area contributed by atoms with Gasteiger partial charge < -0.3 is 18.4 Å². The van der Waals surface area contributed by atoms with Gasteiger partial charge in [-0.05, 0) is 83.1 Å². The number of fused-ring (bicyclic) bond motifs is 7. The maximum absolute atomic E-state index is 13.1. The minimum Gasteiger partial charge on any atom is -0.501 e. The molecule has 68 heavy (non-hydrogen) atoms. The fraction of sp³-hybridized carbons (Fsp3) is 0.186. The third kappa shape index (κ3) is 8.43. The van der Waals surface area contributed by atoms with Crippen LogP contribution in [0.25, 0.3) is 94.4 Å². The number of benzene rings is 7. The molecule has 9 heteroatoms. The number of rotatable bonds is 8. The van der Waals surface area contributed by atoms with Gasteiger partial charge in [0.2, 0.25) is 0 Å². The standard InChI is InChI=1S/C43H33N2O2.C16H15F3N.Ir/c1-25(2)33-24-34-30-22-21-28(27-13-6-5-7-14-27)23-38(30)47-42(34)39(26(3)4)40(33)45-36-19-10-9-18-35(36)44-43(45)32-17-12-16-31-29-15-8-11-20-37(29)46-41(31)32;1-15(2,16(17,18)19)11-12-6-8-13(9-7-12)14-5-3-4-10-20-14;/h5-16,18-26H,1-4H3;3-8,10H,11H2,1-2H3;/q2*-1;/i;11D2;. The van der Waals surface area contributed by atoms with E-state index in [-0.39, 0.29) is 37.5 Å². The molecule has 1 radical (unpaired) electrons. The summed E-state index contributed by atoms with van der Waals surface area (Å²) in [7, 11) is 0.